The lowest BCUT2D eigenvalue weighted by molar-refractivity contribution is 0.592. The third kappa shape index (κ3) is 5.27. The van der Waals surface area contributed by atoms with Crippen molar-refractivity contribution in [2.45, 2.75) is 0 Å². The quantitative estimate of drug-likeness (QED) is 0.127. The van der Waals surface area contributed by atoms with E-state index in [0.29, 0.717) is 0 Å². The summed E-state index contributed by atoms with van der Waals surface area (Å²) in [4.78, 5) is 7.06. The zero-order valence-electron chi connectivity index (χ0n) is 38.0. The van der Waals surface area contributed by atoms with Crippen LogP contribution in [0.15, 0.2) is 218 Å². The summed E-state index contributed by atoms with van der Waals surface area (Å²) in [5.74, 6) is 0. The van der Waals surface area contributed by atoms with Gasteiger partial charge in [-0.2, -0.15) is 0 Å². The van der Waals surface area contributed by atoms with Crippen LogP contribution in [-0.2, 0) is 4.57 Å². The number of nitrogens with zero attached hydrogens (tertiary/aromatic N) is 3. The molecule has 69 heavy (non-hydrogen) atoms. The van der Waals surface area contributed by atoms with E-state index in [2.05, 4.69) is 247 Å². The first-order valence-corrected chi connectivity index (χ1v) is 25.4. The fourth-order valence-electron chi connectivity index (χ4n) is 12.0. The van der Waals surface area contributed by atoms with Crippen LogP contribution in [0.4, 0.5) is 39.8 Å². The summed E-state index contributed by atoms with van der Waals surface area (Å²) in [6, 6.07) is 79.4. The van der Waals surface area contributed by atoms with E-state index in [1.807, 2.05) is 0 Å². The zero-order valence-corrected chi connectivity index (χ0v) is 38.9. The summed E-state index contributed by atoms with van der Waals surface area (Å²) < 4.78 is 18.1. The molecule has 0 amide bonds. The van der Waals surface area contributed by atoms with Crippen molar-refractivity contribution in [1.82, 2.24) is 0 Å². The molecule has 4 nitrogen and oxygen atoms in total. The maximum Gasteiger partial charge on any atom is 0.179 e. The van der Waals surface area contributed by atoms with Crippen LogP contribution in [0.1, 0.15) is 0 Å². The molecule has 0 spiro atoms. The van der Waals surface area contributed by atoms with Crippen molar-refractivity contribution in [3.8, 4) is 22.3 Å². The van der Waals surface area contributed by atoms with Crippen molar-refractivity contribution in [1.29, 1.82) is 0 Å². The lowest BCUT2D eigenvalue weighted by Crippen LogP contribution is -2.43. The van der Waals surface area contributed by atoms with Crippen LogP contribution in [0.3, 0.4) is 0 Å². The lowest BCUT2D eigenvalue weighted by Gasteiger charge is -2.46. The van der Waals surface area contributed by atoms with Crippen LogP contribution in [0.5, 0.6) is 0 Å². The molecule has 2 aliphatic heterocycles. The van der Waals surface area contributed by atoms with E-state index in [1.165, 1.54) is 54.2 Å². The standard InChI is InChI=1S/C64H42N3OP/c1-65(2)51-37-54-64-55(38-51)67(50-31-25-42(26-32-50)40-13-7-4-8-14-40)63-53-34-28-46-18-10-16-44-20-22-48(61(53)59(44)46)36-57(63)69(64,68)56-35-47-21-19-43-15-9-17-45-27-33-52(60(47)58(43)45)62(56)66(54)49-29-23-41(24-30-49)39-11-5-3-6-12-39/h3-38H,1-2H3. The second kappa shape index (κ2) is 14.1. The fourth-order valence-corrected chi connectivity index (χ4v) is 15.4. The Bertz CT molecular complexity index is 4000. The first kappa shape index (κ1) is 38.7. The van der Waals surface area contributed by atoms with E-state index in [0.717, 1.165) is 88.4 Å². The van der Waals surface area contributed by atoms with Gasteiger partial charge >= 0.3 is 0 Å². The molecule has 15 rings (SSSR count). The predicted molar refractivity (Wildman–Crippen MR) is 295 cm³/mol. The summed E-state index contributed by atoms with van der Waals surface area (Å²) >= 11 is 0. The van der Waals surface area contributed by atoms with Gasteiger partial charge < -0.3 is 19.3 Å². The predicted octanol–water partition coefficient (Wildman–Crippen LogP) is 16.1. The first-order chi connectivity index (χ1) is 33.9. The van der Waals surface area contributed by atoms with Crippen LogP contribution in [0.25, 0.3) is 86.9 Å². The molecule has 0 saturated carbocycles. The Morgan fingerprint density at radius 3 is 1.14 bits per heavy atom. The van der Waals surface area contributed by atoms with E-state index in [-0.39, 0.29) is 0 Å². The van der Waals surface area contributed by atoms with Gasteiger partial charge in [0.1, 0.15) is 0 Å². The number of hydrogen-bond acceptors (Lipinski definition) is 4. The van der Waals surface area contributed by atoms with Crippen LogP contribution < -0.4 is 30.6 Å². The SMILES string of the molecule is CN(C)c1cc2c3c(c1)N(c1ccc(-c4ccccc4)cc1)c1c(cc4ccc5cccc6ccc1c4c56)P3(=O)c1cc3ccc4cccc5ccc(c1N2c1ccc(-c2ccccc2)cc1)c3c45. The van der Waals surface area contributed by atoms with E-state index in [4.69, 9.17) is 0 Å². The molecule has 0 saturated heterocycles. The van der Waals surface area contributed by atoms with E-state index in [9.17, 15) is 0 Å². The van der Waals surface area contributed by atoms with Gasteiger partial charge in [-0.15, -0.1) is 0 Å². The second-order valence-electron chi connectivity index (χ2n) is 19.0. The fraction of sp³-hybridized carbons (Fsp3) is 0.0312. The van der Waals surface area contributed by atoms with Gasteiger partial charge in [0.2, 0.25) is 0 Å². The van der Waals surface area contributed by atoms with Gasteiger partial charge in [-0.25, -0.2) is 0 Å². The molecule has 5 heteroatoms. The summed E-state index contributed by atoms with van der Waals surface area (Å²) in [6.45, 7) is 0. The van der Waals surface area contributed by atoms with Crippen molar-refractivity contribution < 1.29 is 4.57 Å². The van der Waals surface area contributed by atoms with Gasteiger partial charge in [0, 0.05) is 52.5 Å². The monoisotopic (exact) mass is 899 g/mol. The minimum atomic E-state index is -3.73. The van der Waals surface area contributed by atoms with Crippen molar-refractivity contribution in [2.24, 2.45) is 0 Å². The minimum Gasteiger partial charge on any atom is -0.378 e. The molecule has 0 radical (unpaired) electrons. The highest BCUT2D eigenvalue weighted by atomic mass is 31.2. The molecule has 13 aromatic rings. The molecule has 0 fully saturated rings. The Labute approximate surface area is 399 Å². The molecule has 0 aliphatic carbocycles. The molecular formula is C64H42N3OP. The Morgan fingerprint density at radius 2 is 0.739 bits per heavy atom. The molecule has 13 aromatic carbocycles. The number of fused-ring (bicyclic) bond motifs is 6. The highest BCUT2D eigenvalue weighted by molar-refractivity contribution is 7.87. The first-order valence-electron chi connectivity index (χ1n) is 23.7. The molecule has 0 bridgehead atoms. The largest absolute Gasteiger partial charge is 0.378 e. The average Bonchev–Trinajstić information content (AvgIpc) is 3.40. The van der Waals surface area contributed by atoms with Gasteiger partial charge in [0.15, 0.2) is 7.14 Å². The maximum atomic E-state index is 18.1. The van der Waals surface area contributed by atoms with Crippen molar-refractivity contribution in [3.05, 3.63) is 218 Å². The van der Waals surface area contributed by atoms with Gasteiger partial charge in [-0.1, -0.05) is 170 Å². The molecule has 0 unspecified atom stereocenters. The molecule has 0 aromatic heterocycles. The normalized spacial score (nSPS) is 13.8. The van der Waals surface area contributed by atoms with Gasteiger partial charge in [-0.3, -0.25) is 0 Å². The number of benzene rings is 13. The molecule has 0 atom stereocenters. The molecule has 0 N–H and O–H groups in total. The molecule has 2 aliphatic rings. The topological polar surface area (TPSA) is 26.8 Å². The third-order valence-corrected chi connectivity index (χ3v) is 18.3. The number of anilines is 7. The van der Waals surface area contributed by atoms with Crippen LogP contribution in [0.2, 0.25) is 0 Å². The summed E-state index contributed by atoms with van der Waals surface area (Å²) in [7, 11) is 0.491. The number of rotatable bonds is 5. The van der Waals surface area contributed by atoms with E-state index in [1.54, 1.807) is 0 Å². The minimum absolute atomic E-state index is 0.855. The lowest BCUT2D eigenvalue weighted by atomic mass is 9.92. The van der Waals surface area contributed by atoms with Crippen LogP contribution in [0, 0.1) is 0 Å². The second-order valence-corrected chi connectivity index (χ2v) is 21.7. The van der Waals surface area contributed by atoms with Crippen LogP contribution in [-0.4, -0.2) is 14.1 Å². The van der Waals surface area contributed by atoms with E-state index >= 15 is 4.57 Å². The zero-order chi connectivity index (χ0) is 45.7. The van der Waals surface area contributed by atoms with Gasteiger partial charge in [0.25, 0.3) is 0 Å². The highest BCUT2D eigenvalue weighted by Crippen LogP contribution is 2.65. The van der Waals surface area contributed by atoms with E-state index < -0.39 is 7.14 Å². The molecule has 2 heterocycles. The molecule has 324 valence electrons. The van der Waals surface area contributed by atoms with Gasteiger partial charge in [0.05, 0.1) is 28.1 Å². The Balaban J connectivity index is 1.11. The Hall–Kier alpha value is -8.43. The van der Waals surface area contributed by atoms with Crippen molar-refractivity contribution >= 4 is 128 Å². The Morgan fingerprint density at radius 1 is 0.362 bits per heavy atom. The number of hydrogen-bond donors (Lipinski definition) is 0. The summed E-state index contributed by atoms with van der Waals surface area (Å²) in [6.07, 6.45) is 0. The van der Waals surface area contributed by atoms with Gasteiger partial charge in [-0.05, 0) is 125 Å². The smallest absolute Gasteiger partial charge is 0.179 e. The van der Waals surface area contributed by atoms with Crippen LogP contribution >= 0.6 is 7.14 Å². The maximum absolute atomic E-state index is 18.1. The Kier molecular flexibility index (Phi) is 7.87. The average molecular weight is 900 g/mol. The van der Waals surface area contributed by atoms with Crippen molar-refractivity contribution in [2.75, 3.05) is 28.8 Å². The molecular weight excluding hydrogens is 858 g/mol. The summed E-state index contributed by atoms with van der Waals surface area (Å²) in [5, 5.41) is 16.6. The third-order valence-electron chi connectivity index (χ3n) is 15.2. The summed E-state index contributed by atoms with van der Waals surface area (Å²) in [5.41, 5.74) is 11.5. The van der Waals surface area contributed by atoms with Crippen molar-refractivity contribution in [3.63, 3.8) is 0 Å². The highest BCUT2D eigenvalue weighted by Gasteiger charge is 2.50.